The van der Waals surface area contributed by atoms with E-state index in [0.717, 1.165) is 0 Å². The summed E-state index contributed by atoms with van der Waals surface area (Å²) >= 11 is 6.12. The van der Waals surface area contributed by atoms with E-state index in [0.29, 0.717) is 11.3 Å². The second-order valence-corrected chi connectivity index (χ2v) is 6.20. The summed E-state index contributed by atoms with van der Waals surface area (Å²) in [6.07, 6.45) is 0.116. The molecule has 0 atom stereocenters. The van der Waals surface area contributed by atoms with Crippen molar-refractivity contribution in [1.82, 2.24) is 10.5 Å². The lowest BCUT2D eigenvalue weighted by Crippen LogP contribution is -2.28. The van der Waals surface area contributed by atoms with Crippen LogP contribution in [0, 0.1) is 25.2 Å². The highest BCUT2D eigenvalue weighted by Gasteiger charge is 2.23. The van der Waals surface area contributed by atoms with E-state index in [2.05, 4.69) is 10.3 Å². The van der Waals surface area contributed by atoms with Gasteiger partial charge in [-0.25, -0.2) is 9.78 Å². The van der Waals surface area contributed by atoms with Crippen LogP contribution in [0.2, 0.25) is 5.02 Å². The van der Waals surface area contributed by atoms with Crippen LogP contribution in [0.4, 0.5) is 5.69 Å². The molecule has 0 aliphatic heterocycles. The lowest BCUT2D eigenvalue weighted by Gasteiger charge is -2.13. The van der Waals surface area contributed by atoms with Crippen LogP contribution in [-0.4, -0.2) is 22.8 Å². The number of carbonyl (C=O) groups excluding carboxylic acids is 3. The third-order valence-electron chi connectivity index (χ3n) is 3.76. The molecule has 2 aromatic rings. The largest absolute Gasteiger partial charge is 0.382 e. The van der Waals surface area contributed by atoms with Crippen LogP contribution in [0.5, 0.6) is 0 Å². The molecule has 0 saturated carbocycles. The summed E-state index contributed by atoms with van der Waals surface area (Å²) < 4.78 is 0. The van der Waals surface area contributed by atoms with Gasteiger partial charge in [-0.2, -0.15) is 10.7 Å². The van der Waals surface area contributed by atoms with Gasteiger partial charge in [-0.3, -0.25) is 9.59 Å². The van der Waals surface area contributed by atoms with Crippen molar-refractivity contribution in [2.24, 2.45) is 0 Å². The number of nitrogens with zero attached hydrogens (tertiary/aromatic N) is 2. The molecule has 1 aromatic heterocycles. The van der Waals surface area contributed by atoms with Crippen LogP contribution in [-0.2, 0) is 9.63 Å². The third kappa shape index (κ3) is 4.64. The number of rotatable bonds is 4. The zero-order valence-corrected chi connectivity index (χ0v) is 16.2. The number of hydrogen-bond donors (Lipinski definition) is 2. The van der Waals surface area contributed by atoms with Gasteiger partial charge >= 0.3 is 5.97 Å². The molecule has 2 amide bonds. The number of amides is 2. The fourth-order valence-corrected chi connectivity index (χ4v) is 2.45. The van der Waals surface area contributed by atoms with E-state index in [4.69, 9.17) is 16.4 Å². The minimum Gasteiger partial charge on any atom is -0.334 e. The topological polar surface area (TPSA) is 121 Å². The fourth-order valence-electron chi connectivity index (χ4n) is 2.25. The number of hydroxylamine groups is 1. The molecule has 2 N–H and O–H groups in total. The average molecular weight is 401 g/mol. The van der Waals surface area contributed by atoms with E-state index in [1.807, 2.05) is 11.5 Å². The molecule has 2 rings (SSSR count). The number of halogens is 1. The van der Waals surface area contributed by atoms with Crippen LogP contribution in [0.15, 0.2) is 24.3 Å². The van der Waals surface area contributed by atoms with Gasteiger partial charge in [0, 0.05) is 12.1 Å². The van der Waals surface area contributed by atoms with Gasteiger partial charge in [0.05, 0.1) is 21.8 Å². The van der Waals surface area contributed by atoms with Gasteiger partial charge in [-0.05, 0) is 37.6 Å². The van der Waals surface area contributed by atoms with Crippen LogP contribution in [0.3, 0.4) is 0 Å². The number of carbonyl (C=O) groups is 3. The summed E-state index contributed by atoms with van der Waals surface area (Å²) in [6.45, 7) is 4.93. The van der Waals surface area contributed by atoms with Gasteiger partial charge in [0.15, 0.2) is 5.69 Å². The van der Waals surface area contributed by atoms with Crippen molar-refractivity contribution >= 4 is 35.1 Å². The Morgan fingerprint density at radius 2 is 1.93 bits per heavy atom. The molecule has 0 radical (unpaired) electrons. The highest BCUT2D eigenvalue weighted by atomic mass is 35.5. The zero-order chi connectivity index (χ0) is 20.8. The summed E-state index contributed by atoms with van der Waals surface area (Å²) in [5.41, 5.74) is 3.04. The molecule has 1 heterocycles. The van der Waals surface area contributed by atoms with Gasteiger partial charge < -0.3 is 10.2 Å². The summed E-state index contributed by atoms with van der Waals surface area (Å²) in [7, 11) is 0. The van der Waals surface area contributed by atoms with Gasteiger partial charge in [0.2, 0.25) is 0 Å². The van der Waals surface area contributed by atoms with Crippen molar-refractivity contribution in [2.45, 2.75) is 27.2 Å². The van der Waals surface area contributed by atoms with E-state index in [1.54, 1.807) is 39.0 Å². The molecule has 0 fully saturated rings. The Morgan fingerprint density at radius 1 is 1.21 bits per heavy atom. The van der Waals surface area contributed by atoms with Crippen LogP contribution in [0.1, 0.15) is 51.0 Å². The first-order valence-electron chi connectivity index (χ1n) is 8.26. The number of aromatic nitrogens is 1. The molecular formula is C19H17ClN4O4. The predicted molar refractivity (Wildman–Crippen MR) is 102 cm³/mol. The van der Waals surface area contributed by atoms with Crippen molar-refractivity contribution in [3.63, 3.8) is 0 Å². The van der Waals surface area contributed by atoms with Crippen molar-refractivity contribution in [1.29, 1.82) is 5.26 Å². The Labute approximate surface area is 166 Å². The number of nitriles is 1. The number of anilines is 1. The normalized spacial score (nSPS) is 9.96. The van der Waals surface area contributed by atoms with E-state index in [9.17, 15) is 19.6 Å². The number of aryl methyl sites for hydroxylation is 2. The van der Waals surface area contributed by atoms with E-state index in [-0.39, 0.29) is 34.0 Å². The number of nitrogens with one attached hydrogen (secondary N) is 2. The van der Waals surface area contributed by atoms with Gasteiger partial charge in [0.1, 0.15) is 6.07 Å². The second-order valence-electron chi connectivity index (χ2n) is 5.80. The SMILES string of the molecule is CCC(=O)NOC(=O)c1nc(C)ccc1C(=O)Nc1c(Cl)ccc(C)c1C#N. The minimum absolute atomic E-state index is 0.0946. The van der Waals surface area contributed by atoms with Gasteiger partial charge in [-0.15, -0.1) is 0 Å². The molecule has 0 bridgehead atoms. The summed E-state index contributed by atoms with van der Waals surface area (Å²) in [4.78, 5) is 45.1. The summed E-state index contributed by atoms with van der Waals surface area (Å²) in [5, 5.41) is 12.1. The van der Waals surface area contributed by atoms with E-state index in [1.165, 1.54) is 6.07 Å². The summed E-state index contributed by atoms with van der Waals surface area (Å²) in [5.74, 6) is -2.20. The Balaban J connectivity index is 2.37. The maximum Gasteiger partial charge on any atom is 0.382 e. The highest BCUT2D eigenvalue weighted by molar-refractivity contribution is 6.34. The molecule has 0 saturated heterocycles. The Morgan fingerprint density at radius 3 is 2.57 bits per heavy atom. The highest BCUT2D eigenvalue weighted by Crippen LogP contribution is 2.29. The summed E-state index contributed by atoms with van der Waals surface area (Å²) in [6, 6.07) is 8.14. The van der Waals surface area contributed by atoms with Gasteiger partial charge in [0.25, 0.3) is 11.8 Å². The molecular weight excluding hydrogens is 384 g/mol. The van der Waals surface area contributed by atoms with Crippen molar-refractivity contribution in [3.8, 4) is 6.07 Å². The predicted octanol–water partition coefficient (Wildman–Crippen LogP) is 3.07. The minimum atomic E-state index is -0.994. The number of hydrogen-bond acceptors (Lipinski definition) is 6. The molecule has 0 aliphatic rings. The van der Waals surface area contributed by atoms with Crippen molar-refractivity contribution in [3.05, 3.63) is 57.4 Å². The van der Waals surface area contributed by atoms with Crippen LogP contribution < -0.4 is 10.8 Å². The number of benzene rings is 1. The maximum absolute atomic E-state index is 12.8. The lowest BCUT2D eigenvalue weighted by atomic mass is 10.1. The molecule has 0 unspecified atom stereocenters. The van der Waals surface area contributed by atoms with Crippen LogP contribution >= 0.6 is 11.6 Å². The lowest BCUT2D eigenvalue weighted by molar-refractivity contribution is -0.129. The Hall–Kier alpha value is -3.44. The first kappa shape index (κ1) is 20.9. The van der Waals surface area contributed by atoms with Crippen molar-refractivity contribution in [2.75, 3.05) is 5.32 Å². The molecule has 8 nitrogen and oxygen atoms in total. The molecule has 28 heavy (non-hydrogen) atoms. The Kier molecular flexibility index (Phi) is 6.69. The van der Waals surface area contributed by atoms with Gasteiger partial charge in [-0.1, -0.05) is 24.6 Å². The molecule has 144 valence electrons. The first-order valence-corrected chi connectivity index (χ1v) is 8.64. The van der Waals surface area contributed by atoms with Crippen LogP contribution in [0.25, 0.3) is 0 Å². The third-order valence-corrected chi connectivity index (χ3v) is 4.08. The Bertz CT molecular complexity index is 998. The fraction of sp³-hybridized carbons (Fsp3) is 0.211. The quantitative estimate of drug-likeness (QED) is 0.760. The van der Waals surface area contributed by atoms with Crippen molar-refractivity contribution < 1.29 is 19.2 Å². The second kappa shape index (κ2) is 8.97. The molecule has 9 heteroatoms. The monoisotopic (exact) mass is 400 g/mol. The molecule has 0 spiro atoms. The standard InChI is InChI=1S/C19H17ClN4O4/c1-4-15(25)24-28-19(27)17-12(7-6-11(3)22-17)18(26)23-16-13(9-21)10(2)5-8-14(16)20/h5-8H,4H2,1-3H3,(H,23,26)(H,24,25). The zero-order valence-electron chi connectivity index (χ0n) is 15.4. The smallest absolute Gasteiger partial charge is 0.334 e. The average Bonchev–Trinajstić information content (AvgIpc) is 2.68. The molecule has 1 aromatic carbocycles. The van der Waals surface area contributed by atoms with E-state index >= 15 is 0 Å². The molecule has 0 aliphatic carbocycles. The first-order chi connectivity index (χ1) is 13.3. The van der Waals surface area contributed by atoms with E-state index < -0.39 is 17.8 Å². The maximum atomic E-state index is 12.8. The number of pyridine rings is 1.